The van der Waals surface area contributed by atoms with Crippen LogP contribution in [0.15, 0.2) is 0 Å². The third kappa shape index (κ3) is 13.1. The van der Waals surface area contributed by atoms with Gasteiger partial charge < -0.3 is 30.1 Å². The Morgan fingerprint density at radius 1 is 0.923 bits per heavy atom. The number of carbonyl (C=O) groups is 4. The van der Waals surface area contributed by atoms with Crippen LogP contribution in [0.4, 0.5) is 0 Å². The number of rotatable bonds is 12. The number of hydrogen-bond donors (Lipinski definition) is 4. The first-order valence-electron chi connectivity index (χ1n) is 8.29. The zero-order valence-corrected chi connectivity index (χ0v) is 15.4. The molecule has 0 bridgehead atoms. The summed E-state index contributed by atoms with van der Waals surface area (Å²) in [5, 5.41) is 33.8. The van der Waals surface area contributed by atoms with Crippen LogP contribution in [0.1, 0.15) is 46.5 Å². The van der Waals surface area contributed by atoms with Crippen LogP contribution in [-0.2, 0) is 23.9 Å². The summed E-state index contributed by atoms with van der Waals surface area (Å²) in [5.74, 6) is -5.09. The molecule has 0 spiro atoms. The van der Waals surface area contributed by atoms with Crippen molar-refractivity contribution in [3.05, 3.63) is 0 Å². The van der Waals surface area contributed by atoms with Gasteiger partial charge in [0.05, 0.1) is 12.8 Å². The van der Waals surface area contributed by atoms with Crippen LogP contribution in [0.25, 0.3) is 0 Å². The van der Waals surface area contributed by atoms with E-state index >= 15 is 0 Å². The fourth-order valence-corrected chi connectivity index (χ4v) is 1.82. The van der Waals surface area contributed by atoms with Gasteiger partial charge >= 0.3 is 23.9 Å². The lowest BCUT2D eigenvalue weighted by molar-refractivity contribution is -0.170. The standard InChI is InChI=1S/C10H21NO2.C6H8O7/c1-4-7-10(12)13-9-8-11(5-2)6-3;7-3(8)1-6(13,5(11)12)2-4(9)10/h4-9H2,1-3H3;13H,1-2H2,(H,7,8)(H,9,10)(H,11,12). The van der Waals surface area contributed by atoms with Gasteiger partial charge in [0.15, 0.2) is 5.60 Å². The molecule has 0 rings (SSSR count). The Morgan fingerprint density at radius 3 is 1.69 bits per heavy atom. The highest BCUT2D eigenvalue weighted by Gasteiger charge is 2.40. The number of aliphatic hydroxyl groups is 1. The number of carboxylic acid groups (broad SMARTS) is 3. The third-order valence-corrected chi connectivity index (χ3v) is 3.30. The van der Waals surface area contributed by atoms with Crippen LogP contribution in [0.5, 0.6) is 0 Å². The molecule has 4 N–H and O–H groups in total. The van der Waals surface area contributed by atoms with Crippen molar-refractivity contribution in [2.24, 2.45) is 0 Å². The predicted octanol–water partition coefficient (Wildman–Crippen LogP) is 0.423. The smallest absolute Gasteiger partial charge is 0.336 e. The highest BCUT2D eigenvalue weighted by molar-refractivity contribution is 5.88. The zero-order valence-electron chi connectivity index (χ0n) is 15.4. The van der Waals surface area contributed by atoms with E-state index in [0.717, 1.165) is 26.1 Å². The third-order valence-electron chi connectivity index (χ3n) is 3.30. The number of carbonyl (C=O) groups excluding carboxylic acids is 1. The molecule has 0 atom stereocenters. The summed E-state index contributed by atoms with van der Waals surface area (Å²) in [4.78, 5) is 43.7. The average Bonchev–Trinajstić information content (AvgIpc) is 2.50. The summed E-state index contributed by atoms with van der Waals surface area (Å²) < 4.78 is 5.04. The molecule has 0 amide bonds. The molecule has 0 aliphatic heterocycles. The second-order valence-corrected chi connectivity index (χ2v) is 5.48. The van der Waals surface area contributed by atoms with Crippen LogP contribution >= 0.6 is 0 Å². The van der Waals surface area contributed by atoms with Crippen molar-refractivity contribution in [2.75, 3.05) is 26.2 Å². The van der Waals surface area contributed by atoms with Gasteiger partial charge in [0.25, 0.3) is 0 Å². The largest absolute Gasteiger partial charge is 0.481 e. The lowest BCUT2D eigenvalue weighted by atomic mass is 9.96. The monoisotopic (exact) mass is 379 g/mol. The Balaban J connectivity index is 0. The minimum atomic E-state index is -2.74. The molecule has 0 aromatic rings. The average molecular weight is 379 g/mol. The highest BCUT2D eigenvalue weighted by atomic mass is 16.5. The number of nitrogens with zero attached hydrogens (tertiary/aromatic N) is 1. The first-order valence-corrected chi connectivity index (χ1v) is 8.29. The molecular weight excluding hydrogens is 350 g/mol. The van der Waals surface area contributed by atoms with Gasteiger partial charge in [-0.2, -0.15) is 0 Å². The van der Waals surface area contributed by atoms with E-state index in [1.54, 1.807) is 0 Å². The molecule has 10 nitrogen and oxygen atoms in total. The molecule has 0 unspecified atom stereocenters. The molecular formula is C16H29NO9. The van der Waals surface area contributed by atoms with E-state index in [1.807, 2.05) is 6.92 Å². The van der Waals surface area contributed by atoms with Gasteiger partial charge in [0, 0.05) is 13.0 Å². The van der Waals surface area contributed by atoms with Crippen molar-refractivity contribution in [1.29, 1.82) is 0 Å². The van der Waals surface area contributed by atoms with Crippen molar-refractivity contribution in [1.82, 2.24) is 4.90 Å². The number of aliphatic carboxylic acids is 3. The first-order chi connectivity index (χ1) is 12.0. The van der Waals surface area contributed by atoms with Gasteiger partial charge in [-0.3, -0.25) is 14.4 Å². The summed E-state index contributed by atoms with van der Waals surface area (Å²) in [6, 6.07) is 0. The van der Waals surface area contributed by atoms with Crippen LogP contribution in [0, 0.1) is 0 Å². The summed E-state index contributed by atoms with van der Waals surface area (Å²) in [7, 11) is 0. The Bertz CT molecular complexity index is 445. The molecule has 0 aliphatic carbocycles. The summed E-state index contributed by atoms with van der Waals surface area (Å²) in [6.45, 7) is 9.60. The quantitative estimate of drug-likeness (QED) is 0.350. The number of hydrogen-bond acceptors (Lipinski definition) is 7. The van der Waals surface area contributed by atoms with Gasteiger partial charge in [-0.25, -0.2) is 4.79 Å². The van der Waals surface area contributed by atoms with Crippen LogP contribution in [0.3, 0.4) is 0 Å². The lowest BCUT2D eigenvalue weighted by Crippen LogP contribution is -2.42. The maximum Gasteiger partial charge on any atom is 0.336 e. The molecule has 0 aromatic heterocycles. The minimum Gasteiger partial charge on any atom is -0.481 e. The molecule has 0 fully saturated rings. The zero-order chi connectivity index (χ0) is 20.8. The SMILES string of the molecule is CCCC(=O)OCCN(CC)CC.O=C(O)CC(O)(CC(=O)O)C(=O)O. The fraction of sp³-hybridized carbons (Fsp3) is 0.750. The second kappa shape index (κ2) is 14.0. The van der Waals surface area contributed by atoms with Gasteiger partial charge in [-0.1, -0.05) is 20.8 Å². The van der Waals surface area contributed by atoms with Crippen LogP contribution < -0.4 is 0 Å². The Morgan fingerprint density at radius 2 is 1.38 bits per heavy atom. The van der Waals surface area contributed by atoms with Crippen molar-refractivity contribution in [2.45, 2.75) is 52.1 Å². The lowest BCUT2D eigenvalue weighted by Gasteiger charge is -2.18. The Hall–Kier alpha value is -2.20. The molecule has 10 heteroatoms. The molecule has 26 heavy (non-hydrogen) atoms. The van der Waals surface area contributed by atoms with E-state index < -0.39 is 36.4 Å². The van der Waals surface area contributed by atoms with Crippen molar-refractivity contribution >= 4 is 23.9 Å². The van der Waals surface area contributed by atoms with Gasteiger partial charge in [-0.05, 0) is 19.5 Å². The molecule has 152 valence electrons. The van der Waals surface area contributed by atoms with Gasteiger partial charge in [0.1, 0.15) is 6.61 Å². The molecule has 0 saturated heterocycles. The molecule has 0 saturated carbocycles. The summed E-state index contributed by atoms with van der Waals surface area (Å²) in [5.41, 5.74) is -2.74. The molecule has 0 radical (unpaired) electrons. The van der Waals surface area contributed by atoms with E-state index in [9.17, 15) is 19.2 Å². The minimum absolute atomic E-state index is 0.0744. The first kappa shape index (κ1) is 26.0. The number of ether oxygens (including phenoxy) is 1. The van der Waals surface area contributed by atoms with E-state index in [1.165, 1.54) is 0 Å². The predicted molar refractivity (Wildman–Crippen MR) is 90.7 cm³/mol. The molecule has 0 heterocycles. The normalized spacial score (nSPS) is 10.7. The highest BCUT2D eigenvalue weighted by Crippen LogP contribution is 2.15. The Labute approximate surface area is 152 Å². The maximum atomic E-state index is 11.0. The van der Waals surface area contributed by atoms with Crippen LogP contribution in [-0.4, -0.2) is 81.0 Å². The summed E-state index contributed by atoms with van der Waals surface area (Å²) >= 11 is 0. The van der Waals surface area contributed by atoms with E-state index in [2.05, 4.69) is 18.7 Å². The van der Waals surface area contributed by atoms with Crippen molar-refractivity contribution < 1.29 is 44.3 Å². The van der Waals surface area contributed by atoms with Crippen LogP contribution in [0.2, 0.25) is 0 Å². The topological polar surface area (TPSA) is 162 Å². The van der Waals surface area contributed by atoms with Gasteiger partial charge in [-0.15, -0.1) is 0 Å². The summed E-state index contributed by atoms with van der Waals surface area (Å²) in [6.07, 6.45) is -0.883. The molecule has 0 aliphatic rings. The molecule has 0 aromatic carbocycles. The van der Waals surface area contributed by atoms with E-state index in [0.29, 0.717) is 13.0 Å². The fourth-order valence-electron chi connectivity index (χ4n) is 1.82. The Kier molecular flexibility index (Phi) is 14.0. The number of esters is 1. The van der Waals surface area contributed by atoms with E-state index in [4.69, 9.17) is 25.2 Å². The van der Waals surface area contributed by atoms with Gasteiger partial charge in [0.2, 0.25) is 0 Å². The number of likely N-dealkylation sites (N-methyl/N-ethyl adjacent to an activating group) is 1. The van der Waals surface area contributed by atoms with E-state index in [-0.39, 0.29) is 5.97 Å². The van der Waals surface area contributed by atoms with Crippen molar-refractivity contribution in [3.63, 3.8) is 0 Å². The maximum absolute atomic E-state index is 11.0. The number of carboxylic acids is 3. The second-order valence-electron chi connectivity index (χ2n) is 5.48. The van der Waals surface area contributed by atoms with Crippen molar-refractivity contribution in [3.8, 4) is 0 Å².